The van der Waals surface area contributed by atoms with Gasteiger partial charge in [-0.2, -0.15) is 0 Å². The maximum absolute atomic E-state index is 13.3. The van der Waals surface area contributed by atoms with Gasteiger partial charge in [0.15, 0.2) is 0 Å². The van der Waals surface area contributed by atoms with Crippen LogP contribution in [0.1, 0.15) is 25.7 Å². The highest BCUT2D eigenvalue weighted by molar-refractivity contribution is 7.89. The molecule has 0 aliphatic heterocycles. The van der Waals surface area contributed by atoms with E-state index in [-0.39, 0.29) is 23.8 Å². The van der Waals surface area contributed by atoms with E-state index < -0.39 is 21.5 Å². The van der Waals surface area contributed by atoms with Gasteiger partial charge < -0.3 is 11.1 Å². The molecule has 1 amide bonds. The second-order valence-corrected chi connectivity index (χ2v) is 6.73. The Bertz CT molecular complexity index is 630. The second-order valence-electron chi connectivity index (χ2n) is 4.99. The number of hydrogen-bond acceptors (Lipinski definition) is 4. The Kier molecular flexibility index (Phi) is 4.79. The molecule has 0 unspecified atom stereocenters. The molecule has 0 aromatic heterocycles. The van der Waals surface area contributed by atoms with Crippen LogP contribution in [0.25, 0.3) is 0 Å². The lowest BCUT2D eigenvalue weighted by atomic mass is 10.3. The molecule has 0 radical (unpaired) electrons. The monoisotopic (exact) mass is 315 g/mol. The molecular formula is C13H18FN3O3S. The van der Waals surface area contributed by atoms with Crippen molar-refractivity contribution >= 4 is 21.6 Å². The average Bonchev–Trinajstić information content (AvgIpc) is 3.21. The summed E-state index contributed by atoms with van der Waals surface area (Å²) < 4.78 is 39.5. The Balaban J connectivity index is 1.83. The highest BCUT2D eigenvalue weighted by atomic mass is 32.2. The fourth-order valence-electron chi connectivity index (χ4n) is 1.81. The van der Waals surface area contributed by atoms with Crippen molar-refractivity contribution in [2.24, 2.45) is 0 Å². The third kappa shape index (κ3) is 4.40. The van der Waals surface area contributed by atoms with Gasteiger partial charge >= 0.3 is 0 Å². The van der Waals surface area contributed by atoms with Crippen molar-refractivity contribution in [2.45, 2.75) is 36.6 Å². The van der Waals surface area contributed by atoms with E-state index in [1.807, 2.05) is 0 Å². The number of carbonyl (C=O) groups is 1. The van der Waals surface area contributed by atoms with Crippen LogP contribution in [0.4, 0.5) is 10.1 Å². The Hall–Kier alpha value is -1.67. The maximum Gasteiger partial charge on any atom is 0.242 e. The molecule has 1 saturated carbocycles. The number of nitrogen functional groups attached to an aromatic ring is 1. The van der Waals surface area contributed by atoms with Gasteiger partial charge in [0, 0.05) is 19.0 Å². The standard InChI is InChI=1S/C13H18FN3O3S/c14-10-3-1-4-11(13(10)15)21(19,20)16-8-2-5-12(18)17-9-6-7-9/h1,3-4,9,16H,2,5-8,15H2,(H,17,18). The zero-order chi connectivity index (χ0) is 15.5. The number of rotatable bonds is 7. The predicted molar refractivity (Wildman–Crippen MR) is 76.4 cm³/mol. The first-order valence-corrected chi connectivity index (χ1v) is 8.21. The first kappa shape index (κ1) is 15.7. The molecule has 1 aromatic rings. The third-order valence-electron chi connectivity index (χ3n) is 3.12. The van der Waals surface area contributed by atoms with Gasteiger partial charge in [-0.05, 0) is 31.4 Å². The van der Waals surface area contributed by atoms with Gasteiger partial charge in [0.05, 0.1) is 5.69 Å². The van der Waals surface area contributed by atoms with Gasteiger partial charge in [0.2, 0.25) is 15.9 Å². The van der Waals surface area contributed by atoms with Crippen molar-refractivity contribution in [3.8, 4) is 0 Å². The van der Waals surface area contributed by atoms with Crippen molar-refractivity contribution < 1.29 is 17.6 Å². The minimum Gasteiger partial charge on any atom is -0.395 e. The molecule has 0 heterocycles. The maximum atomic E-state index is 13.3. The summed E-state index contributed by atoms with van der Waals surface area (Å²) in [5.74, 6) is -0.858. The summed E-state index contributed by atoms with van der Waals surface area (Å²) in [6.07, 6.45) is 2.64. The molecule has 116 valence electrons. The molecule has 2 rings (SSSR count). The molecule has 4 N–H and O–H groups in total. The SMILES string of the molecule is Nc1c(F)cccc1S(=O)(=O)NCCCC(=O)NC1CC1. The molecule has 0 spiro atoms. The molecule has 8 heteroatoms. The van der Waals surface area contributed by atoms with E-state index in [0.29, 0.717) is 12.5 Å². The van der Waals surface area contributed by atoms with Crippen molar-refractivity contribution in [3.63, 3.8) is 0 Å². The minimum atomic E-state index is -3.87. The number of sulfonamides is 1. The first-order valence-electron chi connectivity index (χ1n) is 6.73. The summed E-state index contributed by atoms with van der Waals surface area (Å²) in [6.45, 7) is 0.0936. The van der Waals surface area contributed by atoms with Gasteiger partial charge in [0.1, 0.15) is 10.7 Å². The number of anilines is 1. The van der Waals surface area contributed by atoms with Gasteiger partial charge in [-0.3, -0.25) is 4.79 Å². The predicted octanol–water partition coefficient (Wildman–Crippen LogP) is 0.745. The molecule has 1 aliphatic carbocycles. The molecule has 1 aromatic carbocycles. The second kappa shape index (κ2) is 6.40. The summed E-state index contributed by atoms with van der Waals surface area (Å²) in [5, 5.41) is 2.81. The van der Waals surface area contributed by atoms with Crippen molar-refractivity contribution in [1.82, 2.24) is 10.0 Å². The van der Waals surface area contributed by atoms with Crippen LogP contribution in [-0.2, 0) is 14.8 Å². The fourth-order valence-corrected chi connectivity index (χ4v) is 3.03. The molecule has 0 saturated heterocycles. The molecule has 1 aliphatic rings. The summed E-state index contributed by atoms with van der Waals surface area (Å²) >= 11 is 0. The van der Waals surface area contributed by atoms with Gasteiger partial charge in [-0.25, -0.2) is 17.5 Å². The van der Waals surface area contributed by atoms with Crippen LogP contribution in [0.5, 0.6) is 0 Å². The molecular weight excluding hydrogens is 297 g/mol. The Morgan fingerprint density at radius 1 is 1.38 bits per heavy atom. The highest BCUT2D eigenvalue weighted by Crippen LogP contribution is 2.21. The highest BCUT2D eigenvalue weighted by Gasteiger charge is 2.23. The van der Waals surface area contributed by atoms with Crippen LogP contribution in [0.2, 0.25) is 0 Å². The van der Waals surface area contributed by atoms with Crippen LogP contribution >= 0.6 is 0 Å². The topological polar surface area (TPSA) is 101 Å². The van der Waals surface area contributed by atoms with E-state index in [1.165, 1.54) is 12.1 Å². The fraction of sp³-hybridized carbons (Fsp3) is 0.462. The normalized spacial score (nSPS) is 14.9. The smallest absolute Gasteiger partial charge is 0.242 e. The Morgan fingerprint density at radius 2 is 2.10 bits per heavy atom. The quantitative estimate of drug-likeness (QED) is 0.510. The van der Waals surface area contributed by atoms with Crippen LogP contribution < -0.4 is 15.8 Å². The van der Waals surface area contributed by atoms with E-state index in [1.54, 1.807) is 0 Å². The lowest BCUT2D eigenvalue weighted by Gasteiger charge is -2.09. The average molecular weight is 315 g/mol. The van der Waals surface area contributed by atoms with E-state index in [9.17, 15) is 17.6 Å². The van der Waals surface area contributed by atoms with Gasteiger partial charge in [-0.15, -0.1) is 0 Å². The summed E-state index contributed by atoms with van der Waals surface area (Å²) in [4.78, 5) is 11.1. The molecule has 1 fully saturated rings. The summed E-state index contributed by atoms with van der Waals surface area (Å²) in [6, 6.07) is 3.90. The number of halogens is 1. The van der Waals surface area contributed by atoms with Gasteiger partial charge in [-0.1, -0.05) is 6.07 Å². The van der Waals surface area contributed by atoms with Crippen LogP contribution in [0, 0.1) is 5.82 Å². The number of carbonyl (C=O) groups excluding carboxylic acids is 1. The third-order valence-corrected chi connectivity index (χ3v) is 4.64. The van der Waals surface area contributed by atoms with E-state index in [0.717, 1.165) is 18.9 Å². The minimum absolute atomic E-state index is 0.0815. The van der Waals surface area contributed by atoms with Crippen molar-refractivity contribution in [1.29, 1.82) is 0 Å². The molecule has 0 atom stereocenters. The Labute approximate surface area is 123 Å². The van der Waals surface area contributed by atoms with Crippen LogP contribution in [0.3, 0.4) is 0 Å². The molecule has 0 bridgehead atoms. The van der Waals surface area contributed by atoms with Gasteiger partial charge in [0.25, 0.3) is 0 Å². The Morgan fingerprint density at radius 3 is 2.76 bits per heavy atom. The number of nitrogens with two attached hydrogens (primary N) is 1. The number of benzene rings is 1. The molecule has 21 heavy (non-hydrogen) atoms. The zero-order valence-electron chi connectivity index (χ0n) is 11.4. The zero-order valence-corrected chi connectivity index (χ0v) is 12.2. The first-order chi connectivity index (χ1) is 9.90. The van der Waals surface area contributed by atoms with E-state index in [4.69, 9.17) is 5.73 Å². The number of nitrogens with one attached hydrogen (secondary N) is 2. The summed E-state index contributed by atoms with van der Waals surface area (Å²) in [7, 11) is -3.87. The van der Waals surface area contributed by atoms with Crippen molar-refractivity contribution in [2.75, 3.05) is 12.3 Å². The largest absolute Gasteiger partial charge is 0.395 e. The van der Waals surface area contributed by atoms with Crippen LogP contribution in [-0.4, -0.2) is 26.9 Å². The van der Waals surface area contributed by atoms with Crippen molar-refractivity contribution in [3.05, 3.63) is 24.0 Å². The lowest BCUT2D eigenvalue weighted by Crippen LogP contribution is -2.29. The van der Waals surface area contributed by atoms with E-state index in [2.05, 4.69) is 10.0 Å². The number of para-hydroxylation sites is 1. The van der Waals surface area contributed by atoms with Crippen LogP contribution in [0.15, 0.2) is 23.1 Å². The number of amides is 1. The van der Waals surface area contributed by atoms with E-state index >= 15 is 0 Å². The number of hydrogen-bond donors (Lipinski definition) is 3. The lowest BCUT2D eigenvalue weighted by molar-refractivity contribution is -0.121. The molecule has 6 nitrogen and oxygen atoms in total. The summed E-state index contributed by atoms with van der Waals surface area (Å²) in [5.41, 5.74) is 5.02.